The van der Waals surface area contributed by atoms with Crippen LogP contribution in [0.1, 0.15) is 23.2 Å². The fraction of sp³-hybridized carbons (Fsp3) is 0.333. The highest BCUT2D eigenvalue weighted by atomic mass is 32.1. The van der Waals surface area contributed by atoms with Crippen molar-refractivity contribution >= 4 is 44.7 Å². The molecule has 36 heavy (non-hydrogen) atoms. The summed E-state index contributed by atoms with van der Waals surface area (Å²) >= 11 is 1.70. The third-order valence-corrected chi connectivity index (χ3v) is 8.00. The molecule has 3 N–H and O–H groups in total. The molecule has 4 heterocycles. The van der Waals surface area contributed by atoms with Crippen LogP contribution in [0.5, 0.6) is 0 Å². The van der Waals surface area contributed by atoms with E-state index >= 15 is 0 Å². The number of morpholine rings is 1. The van der Waals surface area contributed by atoms with Crippen molar-refractivity contribution in [1.29, 1.82) is 0 Å². The number of anilines is 3. The maximum Gasteiger partial charge on any atom is 0.255 e. The summed E-state index contributed by atoms with van der Waals surface area (Å²) in [7, 11) is 0. The second-order valence-electron chi connectivity index (χ2n) is 9.27. The van der Waals surface area contributed by atoms with Gasteiger partial charge in [-0.05, 0) is 67.4 Å². The fourth-order valence-corrected chi connectivity index (χ4v) is 5.77. The molecule has 0 atom stereocenters. The van der Waals surface area contributed by atoms with Gasteiger partial charge in [-0.25, -0.2) is 4.98 Å². The summed E-state index contributed by atoms with van der Waals surface area (Å²) in [6.07, 6.45) is 1.44. The van der Waals surface area contributed by atoms with Crippen LogP contribution in [0, 0.1) is 0 Å². The fourth-order valence-electron chi connectivity index (χ4n) is 4.76. The van der Waals surface area contributed by atoms with Crippen LogP contribution in [-0.2, 0) is 4.74 Å². The molecule has 186 valence electrons. The number of piperidine rings is 1. The van der Waals surface area contributed by atoms with Crippen molar-refractivity contribution in [1.82, 2.24) is 9.97 Å². The molecule has 0 radical (unpaired) electrons. The van der Waals surface area contributed by atoms with Gasteiger partial charge in [-0.2, -0.15) is 0 Å². The average Bonchev–Trinajstić information content (AvgIpc) is 3.57. The van der Waals surface area contributed by atoms with Crippen molar-refractivity contribution in [3.8, 4) is 10.7 Å². The highest BCUT2D eigenvalue weighted by Gasteiger charge is 2.19. The second kappa shape index (κ2) is 9.93. The number of hydrogen-bond acceptors (Lipinski definition) is 7. The van der Waals surface area contributed by atoms with Crippen molar-refractivity contribution in [3.63, 3.8) is 0 Å². The number of thiophene rings is 1. The summed E-state index contributed by atoms with van der Waals surface area (Å²) in [5.41, 5.74) is 4.18. The van der Waals surface area contributed by atoms with E-state index in [1.54, 1.807) is 11.3 Å². The number of carbonyl (C=O) groups excluding carboxylic acids is 1. The Bertz CT molecular complexity index is 1350. The minimum Gasteiger partial charge on any atom is -0.393 e. The molecule has 0 spiro atoms. The zero-order valence-electron chi connectivity index (χ0n) is 19.9. The van der Waals surface area contributed by atoms with Gasteiger partial charge in [0.15, 0.2) is 0 Å². The van der Waals surface area contributed by atoms with Crippen molar-refractivity contribution < 1.29 is 14.6 Å². The molecular formula is C27H29N5O3S. The van der Waals surface area contributed by atoms with Crippen molar-refractivity contribution in [2.75, 3.05) is 54.5 Å². The number of ether oxygens (including phenoxy) is 1. The molecule has 0 unspecified atom stereocenters. The summed E-state index contributed by atoms with van der Waals surface area (Å²) in [6.45, 7) is 4.95. The smallest absolute Gasteiger partial charge is 0.255 e. The standard InChI is InChI=1S/C27H29N5O3S/c33-21-9-11-32(12-10-21)25-8-7-24(36-25)26-29-22-6-3-19(17-23(22)30-26)28-27(34)18-1-4-20(5-2-18)31-13-15-35-16-14-31/h1-8,17,21,33H,9-16H2,(H,28,34)(H,29,30). The number of aromatic amines is 1. The molecule has 2 saturated heterocycles. The van der Waals surface area contributed by atoms with E-state index in [-0.39, 0.29) is 12.0 Å². The zero-order valence-corrected chi connectivity index (χ0v) is 20.8. The van der Waals surface area contributed by atoms with Gasteiger partial charge < -0.3 is 29.9 Å². The number of benzene rings is 2. The Balaban J connectivity index is 1.14. The predicted octanol–water partition coefficient (Wildman–Crippen LogP) is 4.34. The molecule has 0 bridgehead atoms. The first-order valence-corrected chi connectivity index (χ1v) is 13.2. The van der Waals surface area contributed by atoms with Gasteiger partial charge in [-0.1, -0.05) is 0 Å². The Labute approximate surface area is 213 Å². The average molecular weight is 504 g/mol. The van der Waals surface area contributed by atoms with Crippen LogP contribution >= 0.6 is 11.3 Å². The highest BCUT2D eigenvalue weighted by Crippen LogP contribution is 2.34. The van der Waals surface area contributed by atoms with Crippen LogP contribution in [0.25, 0.3) is 21.7 Å². The van der Waals surface area contributed by atoms with Crippen molar-refractivity contribution in [2.24, 2.45) is 0 Å². The molecule has 4 aromatic rings. The van der Waals surface area contributed by atoms with Gasteiger partial charge in [0.25, 0.3) is 5.91 Å². The van der Waals surface area contributed by atoms with E-state index in [1.165, 1.54) is 5.00 Å². The number of rotatable bonds is 5. The molecule has 2 fully saturated rings. The Morgan fingerprint density at radius 3 is 2.56 bits per heavy atom. The summed E-state index contributed by atoms with van der Waals surface area (Å²) < 4.78 is 5.41. The van der Waals surface area contributed by atoms with Gasteiger partial charge in [-0.3, -0.25) is 4.79 Å². The summed E-state index contributed by atoms with van der Waals surface area (Å²) in [5.74, 6) is 0.678. The van der Waals surface area contributed by atoms with E-state index < -0.39 is 0 Å². The van der Waals surface area contributed by atoms with E-state index in [0.29, 0.717) is 5.56 Å². The quantitative estimate of drug-likeness (QED) is 0.375. The maximum atomic E-state index is 12.8. The molecule has 1 amide bonds. The van der Waals surface area contributed by atoms with Crippen LogP contribution in [0.3, 0.4) is 0 Å². The van der Waals surface area contributed by atoms with E-state index in [4.69, 9.17) is 9.72 Å². The lowest BCUT2D eigenvalue weighted by Gasteiger charge is -2.30. The number of nitrogens with zero attached hydrogens (tertiary/aromatic N) is 3. The van der Waals surface area contributed by atoms with Gasteiger partial charge in [0.1, 0.15) is 5.82 Å². The van der Waals surface area contributed by atoms with Gasteiger partial charge in [-0.15, -0.1) is 11.3 Å². The molecule has 0 saturated carbocycles. The van der Waals surface area contributed by atoms with Crippen molar-refractivity contribution in [3.05, 3.63) is 60.2 Å². The molecular weight excluding hydrogens is 474 g/mol. The number of aromatic nitrogens is 2. The lowest BCUT2D eigenvalue weighted by atomic mass is 10.1. The predicted molar refractivity (Wildman–Crippen MR) is 144 cm³/mol. The summed E-state index contributed by atoms with van der Waals surface area (Å²) in [5, 5.41) is 14.0. The van der Waals surface area contributed by atoms with Gasteiger partial charge in [0.2, 0.25) is 0 Å². The van der Waals surface area contributed by atoms with Gasteiger partial charge in [0, 0.05) is 43.1 Å². The molecule has 2 aromatic carbocycles. The molecule has 2 aliphatic heterocycles. The maximum absolute atomic E-state index is 12.8. The molecule has 9 heteroatoms. The number of amides is 1. The number of aliphatic hydroxyl groups excluding tert-OH is 1. The molecule has 2 aromatic heterocycles. The Hall–Kier alpha value is -3.40. The van der Waals surface area contributed by atoms with Crippen LogP contribution in [-0.4, -0.2) is 66.5 Å². The zero-order chi connectivity index (χ0) is 24.5. The van der Waals surface area contributed by atoms with Gasteiger partial charge >= 0.3 is 0 Å². The first-order chi connectivity index (χ1) is 17.6. The number of nitrogens with one attached hydrogen (secondary N) is 2. The van der Waals surface area contributed by atoms with Gasteiger partial charge in [0.05, 0.1) is 40.2 Å². The van der Waals surface area contributed by atoms with E-state index in [1.807, 2.05) is 42.5 Å². The molecule has 0 aliphatic carbocycles. The van der Waals surface area contributed by atoms with Crippen LogP contribution in [0.4, 0.5) is 16.4 Å². The van der Waals surface area contributed by atoms with Crippen molar-refractivity contribution in [2.45, 2.75) is 18.9 Å². The first kappa shape index (κ1) is 23.0. The molecule has 6 rings (SSSR count). The van der Waals surface area contributed by atoms with Crippen LogP contribution < -0.4 is 15.1 Å². The largest absolute Gasteiger partial charge is 0.393 e. The Kier molecular flexibility index (Phi) is 6.35. The SMILES string of the molecule is O=C(Nc1ccc2nc(-c3ccc(N4CCC(O)CC4)s3)[nH]c2c1)c1ccc(N2CCOCC2)cc1. The highest BCUT2D eigenvalue weighted by molar-refractivity contribution is 7.19. The van der Waals surface area contributed by atoms with Crippen LogP contribution in [0.15, 0.2) is 54.6 Å². The van der Waals surface area contributed by atoms with E-state index in [2.05, 4.69) is 32.2 Å². The summed E-state index contributed by atoms with van der Waals surface area (Å²) in [6, 6.07) is 17.7. The second-order valence-corrected chi connectivity index (χ2v) is 10.3. The Morgan fingerprint density at radius 2 is 1.78 bits per heavy atom. The summed E-state index contributed by atoms with van der Waals surface area (Å²) in [4.78, 5) is 26.7. The number of fused-ring (bicyclic) bond motifs is 1. The minimum atomic E-state index is -0.180. The third-order valence-electron chi connectivity index (χ3n) is 6.85. The Morgan fingerprint density at radius 1 is 1.00 bits per heavy atom. The lowest BCUT2D eigenvalue weighted by Crippen LogP contribution is -2.36. The molecule has 2 aliphatic rings. The van der Waals surface area contributed by atoms with Crippen LogP contribution in [0.2, 0.25) is 0 Å². The third kappa shape index (κ3) is 4.82. The van der Waals surface area contributed by atoms with E-state index in [9.17, 15) is 9.90 Å². The number of carbonyl (C=O) groups is 1. The molecule has 8 nitrogen and oxygen atoms in total. The number of imidazole rings is 1. The lowest BCUT2D eigenvalue weighted by molar-refractivity contribution is 0.102. The number of aliphatic hydroxyl groups is 1. The van der Waals surface area contributed by atoms with E-state index in [0.717, 1.165) is 85.3 Å². The number of H-pyrrole nitrogens is 1. The first-order valence-electron chi connectivity index (χ1n) is 12.4. The minimum absolute atomic E-state index is 0.142. The number of hydrogen-bond donors (Lipinski definition) is 3. The normalized spacial score (nSPS) is 17.0. The monoisotopic (exact) mass is 503 g/mol. The topological polar surface area (TPSA) is 93.7 Å².